The van der Waals surface area contributed by atoms with E-state index in [0.29, 0.717) is 6.42 Å². The molecule has 1 fully saturated rings. The Balaban J connectivity index is 2.13. The number of anilines is 1. The van der Waals surface area contributed by atoms with Gasteiger partial charge in [0.2, 0.25) is 0 Å². The molecule has 0 amide bonds. The summed E-state index contributed by atoms with van der Waals surface area (Å²) in [6, 6.07) is 7.51. The summed E-state index contributed by atoms with van der Waals surface area (Å²) >= 11 is 0. The Hall–Kier alpha value is -1.59. The maximum Gasteiger partial charge on any atom is 0.322 e. The van der Waals surface area contributed by atoms with Crippen LogP contribution in [0.3, 0.4) is 0 Å². The first-order chi connectivity index (χ1) is 9.22. The number of nitrogens with two attached hydrogens (primary N) is 1. The summed E-state index contributed by atoms with van der Waals surface area (Å²) in [5.41, 5.74) is 8.12. The Kier molecular flexibility index (Phi) is 4.76. The first kappa shape index (κ1) is 13.8. The molecule has 1 atom stereocenters. The van der Waals surface area contributed by atoms with Crippen LogP contribution in [0.15, 0.2) is 24.3 Å². The standard InChI is InChI=1S/C14H21N3O2/c1-19-14(18)12(15)10-11-4-2-3-5-13(11)17-8-6-16-7-9-17/h2-5,12,16H,6-10,15H2,1H3. The molecule has 1 aliphatic heterocycles. The summed E-state index contributed by atoms with van der Waals surface area (Å²) in [5, 5.41) is 3.33. The fourth-order valence-electron chi connectivity index (χ4n) is 2.37. The van der Waals surface area contributed by atoms with E-state index in [1.165, 1.54) is 12.8 Å². The molecular formula is C14H21N3O2. The zero-order valence-corrected chi connectivity index (χ0v) is 11.3. The minimum Gasteiger partial charge on any atom is -0.468 e. The minimum absolute atomic E-state index is 0.366. The van der Waals surface area contributed by atoms with Crippen LogP contribution >= 0.6 is 0 Å². The van der Waals surface area contributed by atoms with E-state index in [4.69, 9.17) is 5.73 Å². The Morgan fingerprint density at radius 1 is 1.42 bits per heavy atom. The number of nitrogens with one attached hydrogen (secondary N) is 1. The molecule has 0 saturated carbocycles. The van der Waals surface area contributed by atoms with Crippen molar-refractivity contribution >= 4 is 11.7 Å². The van der Waals surface area contributed by atoms with E-state index in [1.54, 1.807) is 0 Å². The molecule has 1 aromatic carbocycles. The smallest absolute Gasteiger partial charge is 0.322 e. The van der Waals surface area contributed by atoms with Gasteiger partial charge in [0.05, 0.1) is 7.11 Å². The van der Waals surface area contributed by atoms with Crippen molar-refractivity contribution in [2.45, 2.75) is 12.5 Å². The molecule has 1 heterocycles. The molecule has 5 nitrogen and oxygen atoms in total. The number of carbonyl (C=O) groups is 1. The second kappa shape index (κ2) is 6.54. The highest BCUT2D eigenvalue weighted by Crippen LogP contribution is 2.22. The summed E-state index contributed by atoms with van der Waals surface area (Å²) in [6.45, 7) is 3.92. The van der Waals surface area contributed by atoms with Crippen molar-refractivity contribution in [3.05, 3.63) is 29.8 Å². The van der Waals surface area contributed by atoms with Gasteiger partial charge in [0.1, 0.15) is 6.04 Å². The van der Waals surface area contributed by atoms with Crippen LogP contribution in [0.25, 0.3) is 0 Å². The molecule has 1 aromatic rings. The van der Waals surface area contributed by atoms with Gasteiger partial charge in [0.25, 0.3) is 0 Å². The number of piperazine rings is 1. The van der Waals surface area contributed by atoms with Crippen LogP contribution in [-0.2, 0) is 16.0 Å². The Morgan fingerprint density at radius 2 is 2.11 bits per heavy atom. The number of rotatable bonds is 4. The van der Waals surface area contributed by atoms with Crippen molar-refractivity contribution in [2.75, 3.05) is 38.2 Å². The van der Waals surface area contributed by atoms with Crippen molar-refractivity contribution in [3.63, 3.8) is 0 Å². The number of para-hydroxylation sites is 1. The molecule has 1 unspecified atom stereocenters. The minimum atomic E-state index is -0.603. The van der Waals surface area contributed by atoms with Gasteiger partial charge >= 0.3 is 5.97 Å². The molecule has 1 aliphatic rings. The van der Waals surface area contributed by atoms with Crippen LogP contribution in [0.5, 0.6) is 0 Å². The maximum atomic E-state index is 11.4. The van der Waals surface area contributed by atoms with Crippen molar-refractivity contribution < 1.29 is 9.53 Å². The van der Waals surface area contributed by atoms with Gasteiger partial charge in [-0.15, -0.1) is 0 Å². The Morgan fingerprint density at radius 3 is 2.79 bits per heavy atom. The number of methoxy groups -OCH3 is 1. The first-order valence-corrected chi connectivity index (χ1v) is 6.59. The van der Waals surface area contributed by atoms with Gasteiger partial charge in [-0.25, -0.2) is 0 Å². The highest BCUT2D eigenvalue weighted by Gasteiger charge is 2.19. The number of hydrogen-bond acceptors (Lipinski definition) is 5. The molecule has 3 N–H and O–H groups in total. The zero-order valence-electron chi connectivity index (χ0n) is 11.3. The van der Waals surface area contributed by atoms with Gasteiger partial charge in [-0.2, -0.15) is 0 Å². The predicted octanol–water partition coefficient (Wildman–Crippen LogP) is 0.139. The summed E-state index contributed by atoms with van der Waals surface area (Å²) in [7, 11) is 1.37. The van der Waals surface area contributed by atoms with Gasteiger partial charge < -0.3 is 20.7 Å². The van der Waals surface area contributed by atoms with E-state index in [1.807, 2.05) is 18.2 Å². The van der Waals surface area contributed by atoms with Crippen molar-refractivity contribution in [1.82, 2.24) is 5.32 Å². The first-order valence-electron chi connectivity index (χ1n) is 6.59. The molecule has 0 aliphatic carbocycles. The number of esters is 1. The SMILES string of the molecule is COC(=O)C(N)Cc1ccccc1N1CCNCC1. The average Bonchev–Trinajstić information content (AvgIpc) is 2.47. The lowest BCUT2D eigenvalue weighted by Gasteiger charge is -2.31. The maximum absolute atomic E-state index is 11.4. The van der Waals surface area contributed by atoms with Crippen LogP contribution in [0.4, 0.5) is 5.69 Å². The highest BCUT2D eigenvalue weighted by molar-refractivity contribution is 5.76. The monoisotopic (exact) mass is 263 g/mol. The number of hydrogen-bond donors (Lipinski definition) is 2. The summed E-state index contributed by atoms with van der Waals surface area (Å²) in [4.78, 5) is 13.8. The summed E-state index contributed by atoms with van der Waals surface area (Å²) in [6.07, 6.45) is 0.507. The number of nitrogens with zero attached hydrogens (tertiary/aromatic N) is 1. The molecule has 5 heteroatoms. The Bertz CT molecular complexity index is 430. The topological polar surface area (TPSA) is 67.6 Å². The molecule has 0 aromatic heterocycles. The van der Waals surface area contributed by atoms with E-state index in [9.17, 15) is 4.79 Å². The van der Waals surface area contributed by atoms with Crippen LogP contribution < -0.4 is 16.0 Å². The number of carbonyl (C=O) groups excluding carboxylic acids is 1. The molecule has 1 saturated heterocycles. The number of benzene rings is 1. The van der Waals surface area contributed by atoms with E-state index in [0.717, 1.165) is 31.7 Å². The van der Waals surface area contributed by atoms with Crippen LogP contribution in [0.1, 0.15) is 5.56 Å². The van der Waals surface area contributed by atoms with E-state index >= 15 is 0 Å². The fraction of sp³-hybridized carbons (Fsp3) is 0.500. The van der Waals surface area contributed by atoms with Crippen LogP contribution in [0.2, 0.25) is 0 Å². The highest BCUT2D eigenvalue weighted by atomic mass is 16.5. The molecule has 19 heavy (non-hydrogen) atoms. The second-order valence-corrected chi connectivity index (χ2v) is 4.70. The molecule has 0 bridgehead atoms. The number of ether oxygens (including phenoxy) is 1. The molecule has 104 valence electrons. The lowest BCUT2D eigenvalue weighted by atomic mass is 10.0. The lowest BCUT2D eigenvalue weighted by Crippen LogP contribution is -2.44. The van der Waals surface area contributed by atoms with Crippen molar-refractivity contribution in [1.29, 1.82) is 0 Å². The lowest BCUT2D eigenvalue weighted by molar-refractivity contribution is -0.142. The summed E-state index contributed by atoms with van der Waals surface area (Å²) in [5.74, 6) is -0.366. The third-order valence-corrected chi connectivity index (χ3v) is 3.39. The third-order valence-electron chi connectivity index (χ3n) is 3.39. The quantitative estimate of drug-likeness (QED) is 0.756. The van der Waals surface area contributed by atoms with E-state index < -0.39 is 6.04 Å². The van der Waals surface area contributed by atoms with Crippen LogP contribution in [-0.4, -0.2) is 45.3 Å². The van der Waals surface area contributed by atoms with Gasteiger partial charge in [-0.3, -0.25) is 4.79 Å². The second-order valence-electron chi connectivity index (χ2n) is 4.70. The Labute approximate surface area is 113 Å². The van der Waals surface area contributed by atoms with E-state index in [2.05, 4.69) is 21.0 Å². The molecule has 2 rings (SSSR count). The van der Waals surface area contributed by atoms with E-state index in [-0.39, 0.29) is 5.97 Å². The van der Waals surface area contributed by atoms with Crippen molar-refractivity contribution in [2.24, 2.45) is 5.73 Å². The fourth-order valence-corrected chi connectivity index (χ4v) is 2.37. The third kappa shape index (κ3) is 3.45. The van der Waals surface area contributed by atoms with Gasteiger partial charge in [0.15, 0.2) is 0 Å². The van der Waals surface area contributed by atoms with Gasteiger partial charge in [-0.05, 0) is 11.6 Å². The largest absolute Gasteiger partial charge is 0.468 e. The predicted molar refractivity (Wildman–Crippen MR) is 75.2 cm³/mol. The van der Waals surface area contributed by atoms with Gasteiger partial charge in [0, 0.05) is 38.3 Å². The molecule has 0 radical (unpaired) electrons. The average molecular weight is 263 g/mol. The normalized spacial score (nSPS) is 17.1. The van der Waals surface area contributed by atoms with Gasteiger partial charge in [-0.1, -0.05) is 18.2 Å². The van der Waals surface area contributed by atoms with Crippen molar-refractivity contribution in [3.8, 4) is 0 Å². The summed E-state index contributed by atoms with van der Waals surface area (Å²) < 4.78 is 4.68. The zero-order chi connectivity index (χ0) is 13.7. The molecule has 0 spiro atoms. The molecular weight excluding hydrogens is 242 g/mol. The van der Waals surface area contributed by atoms with Crippen LogP contribution in [0, 0.1) is 0 Å².